The van der Waals surface area contributed by atoms with Crippen LogP contribution in [-0.2, 0) is 0 Å². The van der Waals surface area contributed by atoms with Gasteiger partial charge in [-0.3, -0.25) is 4.98 Å². The van der Waals surface area contributed by atoms with Gasteiger partial charge in [0.05, 0.1) is 23.0 Å². The minimum Gasteiger partial charge on any atom is -0.354 e. The first kappa shape index (κ1) is 12.6. The van der Waals surface area contributed by atoms with E-state index in [4.69, 9.17) is 5.26 Å². The van der Waals surface area contributed by atoms with Crippen LogP contribution in [0.1, 0.15) is 17.0 Å². The molecular weight excluding hydrogens is 290 g/mol. The SMILES string of the molecule is Cc1ccc(Nc2cc(Br)cc(C#N)c2)c(C)n1. The number of nitriles is 1. The maximum Gasteiger partial charge on any atom is 0.0992 e. The van der Waals surface area contributed by atoms with E-state index < -0.39 is 0 Å². The van der Waals surface area contributed by atoms with Crippen molar-refractivity contribution >= 4 is 27.3 Å². The number of anilines is 2. The Balaban J connectivity index is 2.34. The van der Waals surface area contributed by atoms with Crippen molar-refractivity contribution in [2.45, 2.75) is 13.8 Å². The number of hydrogen-bond donors (Lipinski definition) is 1. The smallest absolute Gasteiger partial charge is 0.0992 e. The fourth-order valence-electron chi connectivity index (χ4n) is 1.70. The second kappa shape index (κ2) is 5.19. The second-order valence-corrected chi connectivity index (χ2v) is 4.97. The average Bonchev–Trinajstić information content (AvgIpc) is 2.32. The van der Waals surface area contributed by atoms with Gasteiger partial charge in [-0.2, -0.15) is 5.26 Å². The van der Waals surface area contributed by atoms with Crippen molar-refractivity contribution in [1.29, 1.82) is 5.26 Å². The summed E-state index contributed by atoms with van der Waals surface area (Å²) in [5.74, 6) is 0. The highest BCUT2D eigenvalue weighted by Crippen LogP contribution is 2.24. The Morgan fingerprint density at radius 1 is 1.22 bits per heavy atom. The van der Waals surface area contributed by atoms with Crippen LogP contribution in [0.5, 0.6) is 0 Å². The lowest BCUT2D eigenvalue weighted by Crippen LogP contribution is -1.96. The van der Waals surface area contributed by atoms with Crippen molar-refractivity contribution in [3.05, 3.63) is 51.8 Å². The Hall–Kier alpha value is -1.86. The van der Waals surface area contributed by atoms with Crippen LogP contribution in [0.4, 0.5) is 11.4 Å². The zero-order chi connectivity index (χ0) is 13.1. The number of benzene rings is 1. The van der Waals surface area contributed by atoms with Gasteiger partial charge in [0.25, 0.3) is 0 Å². The van der Waals surface area contributed by atoms with E-state index in [9.17, 15) is 0 Å². The van der Waals surface area contributed by atoms with Crippen LogP contribution in [0, 0.1) is 25.2 Å². The molecule has 1 aromatic heterocycles. The van der Waals surface area contributed by atoms with E-state index in [0.29, 0.717) is 5.56 Å². The van der Waals surface area contributed by atoms with E-state index >= 15 is 0 Å². The molecule has 0 unspecified atom stereocenters. The monoisotopic (exact) mass is 301 g/mol. The standard InChI is InChI=1S/C14H12BrN3/c1-9-3-4-14(10(2)17-9)18-13-6-11(8-16)5-12(15)7-13/h3-7,18H,1-2H3. The van der Waals surface area contributed by atoms with Crippen LogP contribution in [0.3, 0.4) is 0 Å². The van der Waals surface area contributed by atoms with Gasteiger partial charge in [0.2, 0.25) is 0 Å². The molecule has 2 rings (SSSR count). The summed E-state index contributed by atoms with van der Waals surface area (Å²) in [5, 5.41) is 12.2. The summed E-state index contributed by atoms with van der Waals surface area (Å²) in [6.45, 7) is 3.92. The topological polar surface area (TPSA) is 48.7 Å². The normalized spacial score (nSPS) is 9.89. The number of aryl methyl sites for hydroxylation is 2. The van der Waals surface area contributed by atoms with Gasteiger partial charge >= 0.3 is 0 Å². The van der Waals surface area contributed by atoms with Crippen molar-refractivity contribution < 1.29 is 0 Å². The van der Waals surface area contributed by atoms with Gasteiger partial charge < -0.3 is 5.32 Å². The van der Waals surface area contributed by atoms with E-state index in [1.54, 1.807) is 6.07 Å². The molecule has 18 heavy (non-hydrogen) atoms. The maximum absolute atomic E-state index is 8.93. The number of rotatable bonds is 2. The quantitative estimate of drug-likeness (QED) is 0.909. The van der Waals surface area contributed by atoms with Gasteiger partial charge in [0.15, 0.2) is 0 Å². The average molecular weight is 302 g/mol. The first-order chi connectivity index (χ1) is 8.58. The number of pyridine rings is 1. The molecular formula is C14H12BrN3. The van der Waals surface area contributed by atoms with Gasteiger partial charge in [-0.25, -0.2) is 0 Å². The molecule has 0 radical (unpaired) electrons. The number of nitrogens with one attached hydrogen (secondary N) is 1. The highest BCUT2D eigenvalue weighted by molar-refractivity contribution is 9.10. The molecule has 0 fully saturated rings. The summed E-state index contributed by atoms with van der Waals surface area (Å²) < 4.78 is 0.877. The Bertz CT molecular complexity index is 629. The maximum atomic E-state index is 8.93. The molecule has 1 N–H and O–H groups in total. The molecule has 0 spiro atoms. The largest absolute Gasteiger partial charge is 0.354 e. The Morgan fingerprint density at radius 3 is 2.67 bits per heavy atom. The third-order valence-corrected chi connectivity index (χ3v) is 2.99. The van der Waals surface area contributed by atoms with Crippen LogP contribution >= 0.6 is 15.9 Å². The number of nitrogens with zero attached hydrogens (tertiary/aromatic N) is 2. The third-order valence-electron chi connectivity index (χ3n) is 2.53. The van der Waals surface area contributed by atoms with Crippen LogP contribution < -0.4 is 5.32 Å². The first-order valence-electron chi connectivity index (χ1n) is 5.50. The van der Waals surface area contributed by atoms with Crippen LogP contribution in [-0.4, -0.2) is 4.98 Å². The van der Waals surface area contributed by atoms with E-state index in [1.165, 1.54) is 0 Å². The Morgan fingerprint density at radius 2 is 2.00 bits per heavy atom. The third kappa shape index (κ3) is 2.88. The van der Waals surface area contributed by atoms with Gasteiger partial charge in [-0.1, -0.05) is 15.9 Å². The Labute approximate surface area is 115 Å². The summed E-state index contributed by atoms with van der Waals surface area (Å²) in [6, 6.07) is 11.6. The zero-order valence-corrected chi connectivity index (χ0v) is 11.7. The predicted molar refractivity (Wildman–Crippen MR) is 75.9 cm³/mol. The molecule has 0 saturated heterocycles. The van der Waals surface area contributed by atoms with Crippen LogP contribution in [0.15, 0.2) is 34.8 Å². The molecule has 3 nitrogen and oxygen atoms in total. The predicted octanol–water partition coefficient (Wildman–Crippen LogP) is 4.08. The molecule has 2 aromatic rings. The molecule has 0 aliphatic carbocycles. The Kier molecular flexibility index (Phi) is 3.63. The summed E-state index contributed by atoms with van der Waals surface area (Å²) in [6.07, 6.45) is 0. The fraction of sp³-hybridized carbons (Fsp3) is 0.143. The lowest BCUT2D eigenvalue weighted by Gasteiger charge is -2.10. The number of hydrogen-bond acceptors (Lipinski definition) is 3. The number of aromatic nitrogens is 1. The molecule has 0 saturated carbocycles. The highest BCUT2D eigenvalue weighted by Gasteiger charge is 2.03. The highest BCUT2D eigenvalue weighted by atomic mass is 79.9. The first-order valence-corrected chi connectivity index (χ1v) is 6.30. The molecule has 0 aliphatic rings. The second-order valence-electron chi connectivity index (χ2n) is 4.05. The molecule has 1 heterocycles. The van der Waals surface area contributed by atoms with Gasteiger partial charge in [-0.15, -0.1) is 0 Å². The minimum absolute atomic E-state index is 0.615. The van der Waals surface area contributed by atoms with Gasteiger partial charge in [-0.05, 0) is 44.2 Å². The summed E-state index contributed by atoms with van der Waals surface area (Å²) in [7, 11) is 0. The zero-order valence-electron chi connectivity index (χ0n) is 10.2. The molecule has 90 valence electrons. The lowest BCUT2D eigenvalue weighted by atomic mass is 10.2. The van der Waals surface area contributed by atoms with Gasteiger partial charge in [0, 0.05) is 15.9 Å². The molecule has 0 aliphatic heterocycles. The minimum atomic E-state index is 0.615. The van der Waals surface area contributed by atoms with Crippen molar-refractivity contribution in [3.8, 4) is 6.07 Å². The van der Waals surface area contributed by atoms with Crippen LogP contribution in [0.25, 0.3) is 0 Å². The van der Waals surface area contributed by atoms with Crippen LogP contribution in [0.2, 0.25) is 0 Å². The van der Waals surface area contributed by atoms with Gasteiger partial charge in [0.1, 0.15) is 0 Å². The summed E-state index contributed by atoms with van der Waals surface area (Å²) in [5.41, 5.74) is 4.36. The molecule has 0 bridgehead atoms. The van der Waals surface area contributed by atoms with Crippen molar-refractivity contribution in [2.75, 3.05) is 5.32 Å². The van der Waals surface area contributed by atoms with Crippen molar-refractivity contribution in [1.82, 2.24) is 4.98 Å². The van der Waals surface area contributed by atoms with E-state index in [1.807, 2.05) is 38.1 Å². The molecule has 1 aromatic carbocycles. The van der Waals surface area contributed by atoms with E-state index in [0.717, 1.165) is 27.2 Å². The lowest BCUT2D eigenvalue weighted by molar-refractivity contribution is 1.12. The van der Waals surface area contributed by atoms with Crippen molar-refractivity contribution in [2.24, 2.45) is 0 Å². The van der Waals surface area contributed by atoms with E-state index in [2.05, 4.69) is 32.3 Å². The molecule has 0 atom stereocenters. The molecule has 0 amide bonds. The summed E-state index contributed by atoms with van der Waals surface area (Å²) >= 11 is 3.39. The van der Waals surface area contributed by atoms with Crippen molar-refractivity contribution in [3.63, 3.8) is 0 Å². The molecule has 4 heteroatoms. The fourth-order valence-corrected chi connectivity index (χ4v) is 2.19. The van der Waals surface area contributed by atoms with E-state index in [-0.39, 0.29) is 0 Å². The summed E-state index contributed by atoms with van der Waals surface area (Å²) in [4.78, 5) is 4.40. The number of halogens is 1.